The maximum atomic E-state index is 12.7. The fraction of sp³-hybridized carbons (Fsp3) is 0.261. The summed E-state index contributed by atoms with van der Waals surface area (Å²) in [6.45, 7) is 2.52. The van der Waals surface area contributed by atoms with Gasteiger partial charge in [0.25, 0.3) is 11.8 Å². The van der Waals surface area contributed by atoms with Crippen molar-refractivity contribution >= 4 is 41.3 Å². The van der Waals surface area contributed by atoms with Gasteiger partial charge in [0, 0.05) is 5.75 Å². The summed E-state index contributed by atoms with van der Waals surface area (Å²) in [6.07, 6.45) is 1.52. The van der Waals surface area contributed by atoms with Crippen LogP contribution in [0.4, 0.5) is 5.69 Å². The highest BCUT2D eigenvalue weighted by Gasteiger charge is 2.34. The van der Waals surface area contributed by atoms with Crippen LogP contribution in [0.3, 0.4) is 0 Å². The molecule has 32 heavy (non-hydrogen) atoms. The standard InChI is InChI=1S/C23H24N2O6S/c1-3-30-21(26)15-32-12-11-31-19-10-9-16(14-20(19)29-2)13-18-22(27)24-25(23(18)28)17-7-5-4-6-8-17/h4-10,13-14H,3,11-12,15H2,1-2H3,(H,24,27). The van der Waals surface area contributed by atoms with Crippen LogP contribution in [-0.2, 0) is 19.1 Å². The molecule has 3 rings (SSSR count). The summed E-state index contributed by atoms with van der Waals surface area (Å²) in [6, 6.07) is 14.0. The largest absolute Gasteiger partial charge is 0.493 e. The Morgan fingerprint density at radius 2 is 1.91 bits per heavy atom. The molecule has 1 aliphatic rings. The first-order valence-electron chi connectivity index (χ1n) is 10.00. The number of esters is 1. The van der Waals surface area contributed by atoms with Crippen LogP contribution in [0.1, 0.15) is 12.5 Å². The second-order valence-corrected chi connectivity index (χ2v) is 7.70. The molecule has 1 saturated heterocycles. The van der Waals surface area contributed by atoms with Gasteiger partial charge in [-0.1, -0.05) is 24.3 Å². The Kier molecular flexibility index (Phi) is 8.15. The Hall–Kier alpha value is -3.46. The van der Waals surface area contributed by atoms with Gasteiger partial charge in [0.2, 0.25) is 0 Å². The van der Waals surface area contributed by atoms with Gasteiger partial charge in [-0.3, -0.25) is 19.8 Å². The average molecular weight is 457 g/mol. The number of carbonyl (C=O) groups excluding carboxylic acids is 3. The second-order valence-electron chi connectivity index (χ2n) is 6.59. The van der Waals surface area contributed by atoms with Crippen LogP contribution < -0.4 is 19.9 Å². The number of nitrogens with one attached hydrogen (secondary N) is 1. The van der Waals surface area contributed by atoms with Crippen molar-refractivity contribution in [3.05, 3.63) is 59.7 Å². The minimum atomic E-state index is -0.475. The molecule has 8 nitrogen and oxygen atoms in total. The number of methoxy groups -OCH3 is 1. The second kappa shape index (κ2) is 11.2. The number of hydrogen-bond acceptors (Lipinski definition) is 7. The quantitative estimate of drug-likeness (QED) is 0.254. The molecule has 0 aliphatic carbocycles. The lowest BCUT2D eigenvalue weighted by Crippen LogP contribution is -2.35. The van der Waals surface area contributed by atoms with Gasteiger partial charge >= 0.3 is 5.97 Å². The SMILES string of the molecule is CCOC(=O)CSCCOc1ccc(C=C2C(=O)NN(c3ccccc3)C2=O)cc1OC. The summed E-state index contributed by atoms with van der Waals surface area (Å²) in [5, 5.41) is 1.22. The summed E-state index contributed by atoms with van der Waals surface area (Å²) in [4.78, 5) is 36.4. The first-order valence-corrected chi connectivity index (χ1v) is 11.1. The van der Waals surface area contributed by atoms with E-state index >= 15 is 0 Å². The van der Waals surface area contributed by atoms with Crippen molar-refractivity contribution < 1.29 is 28.6 Å². The number of nitrogens with zero attached hydrogens (tertiary/aromatic N) is 1. The number of rotatable bonds is 10. The van der Waals surface area contributed by atoms with Crippen LogP contribution in [0, 0.1) is 0 Å². The summed E-state index contributed by atoms with van der Waals surface area (Å²) < 4.78 is 16.0. The maximum Gasteiger partial charge on any atom is 0.315 e. The summed E-state index contributed by atoms with van der Waals surface area (Å²) in [5.74, 6) is 0.731. The lowest BCUT2D eigenvalue weighted by Gasteiger charge is -2.14. The van der Waals surface area contributed by atoms with Gasteiger partial charge in [0.05, 0.1) is 31.8 Å². The van der Waals surface area contributed by atoms with E-state index in [1.807, 2.05) is 6.07 Å². The van der Waals surface area contributed by atoms with E-state index in [2.05, 4.69) is 5.43 Å². The van der Waals surface area contributed by atoms with E-state index in [4.69, 9.17) is 14.2 Å². The number of ether oxygens (including phenoxy) is 3. The Morgan fingerprint density at radius 3 is 2.62 bits per heavy atom. The minimum Gasteiger partial charge on any atom is -0.493 e. The predicted octanol–water partition coefficient (Wildman–Crippen LogP) is 2.83. The monoisotopic (exact) mass is 456 g/mol. The van der Waals surface area contributed by atoms with Crippen molar-refractivity contribution in [3.8, 4) is 11.5 Å². The van der Waals surface area contributed by atoms with Gasteiger partial charge in [0.15, 0.2) is 11.5 Å². The lowest BCUT2D eigenvalue weighted by molar-refractivity contribution is -0.139. The molecule has 2 amide bonds. The Bertz CT molecular complexity index is 1010. The molecule has 0 atom stereocenters. The molecule has 0 unspecified atom stereocenters. The third kappa shape index (κ3) is 5.82. The summed E-state index contributed by atoms with van der Waals surface area (Å²) in [7, 11) is 1.51. The molecule has 2 aromatic carbocycles. The Balaban J connectivity index is 1.64. The molecule has 1 aliphatic heterocycles. The molecule has 0 spiro atoms. The van der Waals surface area contributed by atoms with Crippen LogP contribution >= 0.6 is 11.8 Å². The number of carbonyl (C=O) groups is 3. The number of para-hydroxylation sites is 1. The van der Waals surface area contributed by atoms with Gasteiger partial charge < -0.3 is 14.2 Å². The fourth-order valence-electron chi connectivity index (χ4n) is 2.94. The molecule has 2 aromatic rings. The third-order valence-electron chi connectivity index (χ3n) is 4.42. The zero-order chi connectivity index (χ0) is 22.9. The number of anilines is 1. The van der Waals surface area contributed by atoms with Gasteiger partial charge in [-0.15, -0.1) is 11.8 Å². The normalized spacial score (nSPS) is 14.4. The van der Waals surface area contributed by atoms with Crippen molar-refractivity contribution in [1.82, 2.24) is 5.43 Å². The average Bonchev–Trinajstić information content (AvgIpc) is 3.08. The first kappa shape index (κ1) is 23.2. The zero-order valence-electron chi connectivity index (χ0n) is 17.8. The molecule has 1 fully saturated rings. The lowest BCUT2D eigenvalue weighted by atomic mass is 10.1. The topological polar surface area (TPSA) is 94.2 Å². The van der Waals surface area contributed by atoms with Gasteiger partial charge in [-0.25, -0.2) is 5.01 Å². The third-order valence-corrected chi connectivity index (χ3v) is 5.31. The zero-order valence-corrected chi connectivity index (χ0v) is 18.6. The van der Waals surface area contributed by atoms with Gasteiger partial charge in [0.1, 0.15) is 5.57 Å². The molecule has 1 heterocycles. The van der Waals surface area contributed by atoms with Crippen molar-refractivity contribution in [1.29, 1.82) is 0 Å². The maximum absolute atomic E-state index is 12.7. The predicted molar refractivity (Wildman–Crippen MR) is 122 cm³/mol. The number of hydrogen-bond donors (Lipinski definition) is 1. The number of hydrazine groups is 1. The van der Waals surface area contributed by atoms with Gasteiger partial charge in [-0.05, 0) is 42.8 Å². The molecule has 9 heteroatoms. The van der Waals surface area contributed by atoms with Crippen LogP contribution in [-0.4, -0.2) is 49.6 Å². The molecular formula is C23H24N2O6S. The molecule has 0 aromatic heterocycles. The van der Waals surface area contributed by atoms with E-state index in [0.717, 1.165) is 0 Å². The number of benzene rings is 2. The van der Waals surface area contributed by atoms with Crippen molar-refractivity contribution in [2.24, 2.45) is 0 Å². The van der Waals surface area contributed by atoms with E-state index in [1.165, 1.54) is 30.0 Å². The molecule has 0 saturated carbocycles. The first-order chi connectivity index (χ1) is 15.5. The minimum absolute atomic E-state index is 0.0277. The molecular weight excluding hydrogens is 432 g/mol. The van der Waals surface area contributed by atoms with Crippen LogP contribution in [0.5, 0.6) is 11.5 Å². The Morgan fingerprint density at radius 1 is 1.12 bits per heavy atom. The molecule has 0 bridgehead atoms. The highest BCUT2D eigenvalue weighted by molar-refractivity contribution is 7.99. The van der Waals surface area contributed by atoms with Gasteiger partial charge in [-0.2, -0.15) is 0 Å². The Labute approximate surface area is 190 Å². The van der Waals surface area contributed by atoms with E-state index in [0.29, 0.717) is 41.7 Å². The van der Waals surface area contributed by atoms with Crippen molar-refractivity contribution in [2.75, 3.05) is 36.8 Å². The van der Waals surface area contributed by atoms with E-state index in [1.54, 1.807) is 49.4 Å². The number of amides is 2. The molecule has 0 radical (unpaired) electrons. The van der Waals surface area contributed by atoms with E-state index < -0.39 is 11.8 Å². The van der Waals surface area contributed by atoms with E-state index in [9.17, 15) is 14.4 Å². The highest BCUT2D eigenvalue weighted by Crippen LogP contribution is 2.30. The summed E-state index contributed by atoms with van der Waals surface area (Å²) >= 11 is 1.42. The van der Waals surface area contributed by atoms with Crippen LogP contribution in [0.15, 0.2) is 54.1 Å². The number of thioether (sulfide) groups is 1. The molecule has 168 valence electrons. The van der Waals surface area contributed by atoms with Crippen molar-refractivity contribution in [3.63, 3.8) is 0 Å². The van der Waals surface area contributed by atoms with Crippen LogP contribution in [0.25, 0.3) is 6.08 Å². The van der Waals surface area contributed by atoms with E-state index in [-0.39, 0.29) is 17.3 Å². The fourth-order valence-corrected chi connectivity index (χ4v) is 3.54. The summed E-state index contributed by atoms with van der Waals surface area (Å²) in [5.41, 5.74) is 3.80. The highest BCUT2D eigenvalue weighted by atomic mass is 32.2. The van der Waals surface area contributed by atoms with Crippen LogP contribution in [0.2, 0.25) is 0 Å². The smallest absolute Gasteiger partial charge is 0.315 e. The van der Waals surface area contributed by atoms with Crippen molar-refractivity contribution in [2.45, 2.75) is 6.92 Å². The molecule has 1 N–H and O–H groups in total.